The highest BCUT2D eigenvalue weighted by Gasteiger charge is 2.90. The molecule has 8 heteroatoms. The first-order valence-electron chi connectivity index (χ1n) is 11.0. The number of esters is 1. The second-order valence-corrected chi connectivity index (χ2v) is 13.2. The van der Waals surface area contributed by atoms with Crippen molar-refractivity contribution in [3.05, 3.63) is 22.3 Å². The molecule has 0 N–H and O–H groups in total. The van der Waals surface area contributed by atoms with Gasteiger partial charge in [0.2, 0.25) is 0 Å². The lowest BCUT2D eigenvalue weighted by Crippen LogP contribution is -2.78. The average Bonchev–Trinajstić information content (AvgIpc) is 2.38. The number of hydrogen-bond acceptors (Lipinski definition) is 2. The zero-order chi connectivity index (χ0) is 26.6. The molecule has 33 heavy (non-hydrogen) atoms. The average molecular weight is 483 g/mol. The first-order chi connectivity index (χ1) is 14.1. The van der Waals surface area contributed by atoms with Crippen LogP contribution in [0.4, 0.5) is 26.3 Å². The monoisotopic (exact) mass is 482 g/mol. The van der Waals surface area contributed by atoms with E-state index in [1.807, 2.05) is 0 Å². The predicted octanol–water partition coefficient (Wildman–Crippen LogP) is 8.18. The van der Waals surface area contributed by atoms with Gasteiger partial charge in [0.15, 0.2) is 0 Å². The number of alkyl halides is 6. The molecule has 2 atom stereocenters. The van der Waals surface area contributed by atoms with Crippen LogP contribution in [0, 0.1) is 27.1 Å². The van der Waals surface area contributed by atoms with Gasteiger partial charge in [0.05, 0.1) is 16.6 Å². The Morgan fingerprint density at radius 1 is 0.606 bits per heavy atom. The van der Waals surface area contributed by atoms with Gasteiger partial charge >= 0.3 is 18.3 Å². The maximum Gasteiger partial charge on any atom is 0.414 e. The van der Waals surface area contributed by atoms with Gasteiger partial charge in [-0.25, -0.2) is 0 Å². The van der Waals surface area contributed by atoms with Gasteiger partial charge in [-0.05, 0) is 42.6 Å². The largest absolute Gasteiger partial charge is 0.459 e. The van der Waals surface area contributed by atoms with Crippen molar-refractivity contribution in [1.82, 2.24) is 0 Å². The summed E-state index contributed by atoms with van der Waals surface area (Å²) in [6.07, 6.45) is -10.7. The summed E-state index contributed by atoms with van der Waals surface area (Å²) in [4.78, 5) is 13.8. The Balaban J connectivity index is 3.29. The Morgan fingerprint density at radius 2 is 0.970 bits per heavy atom. The topological polar surface area (TPSA) is 26.3 Å². The molecule has 0 bridgehead atoms. The lowest BCUT2D eigenvalue weighted by atomic mass is 9.24. The lowest BCUT2D eigenvalue weighted by molar-refractivity contribution is -0.223. The standard InChI is InChI=1S/C25H36F6O2/c1-18(2,3)13-14(19(4,5)6)23(20(7,8)9)16(25(29,30)31)15(24(26,27)28)22(13,23)17(32)33-21(10,11)12/h1-12H3/t22-,23+/m1/s1. The third-order valence-corrected chi connectivity index (χ3v) is 6.46. The number of carbonyl (C=O) groups excluding carboxylic acids is 1. The summed E-state index contributed by atoms with van der Waals surface area (Å²) >= 11 is 0. The Morgan fingerprint density at radius 3 is 1.21 bits per heavy atom. The maximum absolute atomic E-state index is 14.5. The maximum atomic E-state index is 14.5. The molecular weight excluding hydrogens is 446 g/mol. The van der Waals surface area contributed by atoms with Crippen LogP contribution in [0.3, 0.4) is 0 Å². The minimum Gasteiger partial charge on any atom is -0.459 e. The fraction of sp³-hybridized carbons (Fsp3) is 0.800. The van der Waals surface area contributed by atoms with Crippen molar-refractivity contribution in [2.45, 2.75) is 101 Å². The number of carbonyl (C=O) groups is 1. The first kappa shape index (κ1) is 27.8. The normalized spacial score (nSPS) is 27.2. The quantitative estimate of drug-likeness (QED) is 0.214. The van der Waals surface area contributed by atoms with Gasteiger partial charge in [0.25, 0.3) is 0 Å². The summed E-state index contributed by atoms with van der Waals surface area (Å²) in [6.45, 7) is 18.8. The third-order valence-electron chi connectivity index (χ3n) is 6.46. The van der Waals surface area contributed by atoms with E-state index >= 15 is 0 Å². The highest BCUT2D eigenvalue weighted by atomic mass is 19.4. The SMILES string of the molecule is CC(C)(C)OC(=O)[C@]12C(C(C)(C)C)=C(C(C)(C)C)[C@@]1(C(C)(C)C)C(C(F)(F)F)=C2C(F)(F)F. The fourth-order valence-electron chi connectivity index (χ4n) is 6.23. The minimum absolute atomic E-state index is 0.0759. The van der Waals surface area contributed by atoms with Crippen molar-refractivity contribution in [2.24, 2.45) is 27.1 Å². The molecule has 0 saturated heterocycles. The van der Waals surface area contributed by atoms with E-state index in [2.05, 4.69) is 0 Å². The molecule has 2 aliphatic carbocycles. The smallest absolute Gasteiger partial charge is 0.414 e. The molecule has 0 aliphatic heterocycles. The zero-order valence-corrected chi connectivity index (χ0v) is 21.6. The molecule has 190 valence electrons. The van der Waals surface area contributed by atoms with Crippen LogP contribution in [0.2, 0.25) is 0 Å². The van der Waals surface area contributed by atoms with E-state index in [1.165, 1.54) is 41.5 Å². The molecule has 0 amide bonds. The van der Waals surface area contributed by atoms with Gasteiger partial charge in [0, 0.05) is 0 Å². The summed E-state index contributed by atoms with van der Waals surface area (Å²) in [6, 6.07) is 0. The third kappa shape index (κ3) is 3.56. The van der Waals surface area contributed by atoms with Crippen LogP contribution in [0.25, 0.3) is 0 Å². The number of allylic oxidation sites excluding steroid dienone is 2. The Bertz CT molecular complexity index is 867. The number of fused-ring (bicyclic) bond motifs is 1. The second kappa shape index (κ2) is 6.81. The Labute approximate surface area is 192 Å². The van der Waals surface area contributed by atoms with Crippen LogP contribution in [0.15, 0.2) is 22.3 Å². The van der Waals surface area contributed by atoms with E-state index in [-0.39, 0.29) is 11.1 Å². The number of ether oxygens (including phenoxy) is 1. The predicted molar refractivity (Wildman–Crippen MR) is 115 cm³/mol. The summed E-state index contributed by atoms with van der Waals surface area (Å²) in [5.74, 6) is -1.27. The van der Waals surface area contributed by atoms with E-state index in [9.17, 15) is 31.1 Å². The molecule has 0 radical (unpaired) electrons. The molecule has 0 fully saturated rings. The zero-order valence-electron chi connectivity index (χ0n) is 21.6. The molecule has 2 aliphatic rings. The second-order valence-electron chi connectivity index (χ2n) is 13.2. The van der Waals surface area contributed by atoms with Crippen LogP contribution >= 0.6 is 0 Å². The van der Waals surface area contributed by atoms with Crippen molar-refractivity contribution in [3.63, 3.8) is 0 Å². The molecule has 0 heterocycles. The van der Waals surface area contributed by atoms with E-state index in [4.69, 9.17) is 4.74 Å². The summed E-state index contributed by atoms with van der Waals surface area (Å²) < 4.78 is 92.7. The number of halogens is 6. The van der Waals surface area contributed by atoms with Gasteiger partial charge in [-0.1, -0.05) is 67.9 Å². The van der Waals surface area contributed by atoms with Crippen molar-refractivity contribution >= 4 is 5.97 Å². The molecular formula is C25H36F6O2. The molecule has 0 saturated carbocycles. The van der Waals surface area contributed by atoms with Crippen molar-refractivity contribution in [3.8, 4) is 0 Å². The molecule has 0 unspecified atom stereocenters. The molecule has 2 nitrogen and oxygen atoms in total. The Kier molecular flexibility index (Phi) is 5.73. The van der Waals surface area contributed by atoms with Crippen molar-refractivity contribution < 1.29 is 35.9 Å². The van der Waals surface area contributed by atoms with Crippen molar-refractivity contribution in [2.75, 3.05) is 0 Å². The fourth-order valence-corrected chi connectivity index (χ4v) is 6.23. The van der Waals surface area contributed by atoms with Crippen LogP contribution in [0.1, 0.15) is 83.1 Å². The molecule has 2 rings (SSSR count). The van der Waals surface area contributed by atoms with Crippen LogP contribution in [0.5, 0.6) is 0 Å². The van der Waals surface area contributed by atoms with E-state index in [0.29, 0.717) is 0 Å². The number of hydrogen-bond donors (Lipinski definition) is 0. The molecule has 0 aromatic carbocycles. The lowest BCUT2D eigenvalue weighted by Gasteiger charge is -2.76. The van der Waals surface area contributed by atoms with Crippen LogP contribution in [-0.2, 0) is 9.53 Å². The van der Waals surface area contributed by atoms with Gasteiger partial charge in [0.1, 0.15) is 11.0 Å². The van der Waals surface area contributed by atoms with Crippen LogP contribution in [-0.4, -0.2) is 23.9 Å². The van der Waals surface area contributed by atoms with E-state index in [1.54, 1.807) is 41.5 Å². The summed E-state index contributed by atoms with van der Waals surface area (Å²) in [5.41, 5.74) is -12.5. The highest BCUT2D eigenvalue weighted by molar-refractivity contribution is 5.98. The van der Waals surface area contributed by atoms with Crippen LogP contribution < -0.4 is 0 Å². The first-order valence-corrected chi connectivity index (χ1v) is 11.0. The van der Waals surface area contributed by atoms with E-state index in [0.717, 1.165) is 0 Å². The van der Waals surface area contributed by atoms with Gasteiger partial charge in [-0.15, -0.1) is 0 Å². The summed E-state index contributed by atoms with van der Waals surface area (Å²) in [5, 5.41) is 0. The molecule has 0 spiro atoms. The minimum atomic E-state index is -5.38. The molecule has 0 aromatic rings. The highest BCUT2D eigenvalue weighted by Crippen LogP contribution is 2.88. The van der Waals surface area contributed by atoms with Gasteiger partial charge < -0.3 is 4.74 Å². The number of rotatable bonds is 1. The van der Waals surface area contributed by atoms with Gasteiger partial charge in [-0.2, -0.15) is 26.3 Å². The van der Waals surface area contributed by atoms with Crippen molar-refractivity contribution in [1.29, 1.82) is 0 Å². The van der Waals surface area contributed by atoms with E-state index < -0.39 is 62.1 Å². The van der Waals surface area contributed by atoms with Gasteiger partial charge in [-0.3, -0.25) is 4.79 Å². The molecule has 0 aromatic heterocycles. The Hall–Kier alpha value is -1.47. The summed E-state index contributed by atoms with van der Waals surface area (Å²) in [7, 11) is 0.